The van der Waals surface area contributed by atoms with Crippen LogP contribution in [0.25, 0.3) is 11.1 Å². The van der Waals surface area contributed by atoms with E-state index in [9.17, 15) is 24.6 Å². The summed E-state index contributed by atoms with van der Waals surface area (Å²) in [6, 6.07) is 11.7. The fourth-order valence-corrected chi connectivity index (χ4v) is 3.66. The van der Waals surface area contributed by atoms with Gasteiger partial charge in [-0.15, -0.1) is 0 Å². The van der Waals surface area contributed by atoms with Gasteiger partial charge in [0.15, 0.2) is 0 Å². The molecule has 0 amide bonds. The topological polar surface area (TPSA) is 97.3 Å². The van der Waals surface area contributed by atoms with Crippen LogP contribution in [-0.4, -0.2) is 17.7 Å². The minimum atomic E-state index is -1.27. The number of benzene rings is 2. The van der Waals surface area contributed by atoms with Gasteiger partial charge in [-0.2, -0.15) is 0 Å². The Morgan fingerprint density at radius 2 is 1.72 bits per heavy atom. The van der Waals surface area contributed by atoms with E-state index in [0.717, 1.165) is 18.4 Å². The molecule has 1 aliphatic rings. The van der Waals surface area contributed by atoms with Crippen LogP contribution >= 0.6 is 0 Å². The van der Waals surface area contributed by atoms with Crippen LogP contribution in [0.1, 0.15) is 53.6 Å². The molecule has 1 saturated carbocycles. The normalized spacial score (nSPS) is 16.4. The molecule has 5 nitrogen and oxygen atoms in total. The molecule has 0 bridgehead atoms. The first kappa shape index (κ1) is 26.1. The van der Waals surface area contributed by atoms with Crippen molar-refractivity contribution in [1.29, 1.82) is 0 Å². The van der Waals surface area contributed by atoms with Gasteiger partial charge in [-0.3, -0.25) is 4.79 Å². The van der Waals surface area contributed by atoms with Crippen LogP contribution in [0.4, 0.5) is 0 Å². The maximum Gasteiger partial charge on any atom is 1.00 e. The molecular formula is C22H20Na2O5. The summed E-state index contributed by atoms with van der Waals surface area (Å²) in [5.74, 6) is -2.97. The molecule has 0 aliphatic heterocycles. The van der Waals surface area contributed by atoms with Crippen LogP contribution in [0.2, 0.25) is 0 Å². The molecule has 0 saturated heterocycles. The van der Waals surface area contributed by atoms with Gasteiger partial charge in [0.05, 0.1) is 5.97 Å². The molecule has 1 aliphatic carbocycles. The van der Waals surface area contributed by atoms with Crippen molar-refractivity contribution in [2.45, 2.75) is 38.5 Å². The van der Waals surface area contributed by atoms with Crippen LogP contribution in [-0.2, 0) is 16.0 Å². The minimum Gasteiger partial charge on any atom is -0.550 e. The Balaban J connectivity index is 0.00000210. The molecule has 2 aromatic rings. The van der Waals surface area contributed by atoms with E-state index in [1.165, 1.54) is 12.1 Å². The van der Waals surface area contributed by atoms with Gasteiger partial charge < -0.3 is 19.8 Å². The summed E-state index contributed by atoms with van der Waals surface area (Å²) in [5.41, 5.74) is 3.03. The van der Waals surface area contributed by atoms with Crippen LogP contribution in [0.3, 0.4) is 0 Å². The van der Waals surface area contributed by atoms with Crippen molar-refractivity contribution in [2.24, 2.45) is 5.92 Å². The van der Waals surface area contributed by atoms with Gasteiger partial charge in [-0.25, -0.2) is 0 Å². The summed E-state index contributed by atoms with van der Waals surface area (Å²) in [6.07, 6.45) is 3.05. The van der Waals surface area contributed by atoms with Gasteiger partial charge in [-0.1, -0.05) is 49.4 Å². The van der Waals surface area contributed by atoms with Gasteiger partial charge >= 0.3 is 59.1 Å². The first-order chi connectivity index (χ1) is 12.9. The SMILES string of the molecule is CC(C(=O)[O-])c1ccc(CC2CCCC2=O)cc1-c1ccc(C(=O)[O-])cc1.[Na+].[Na+]. The molecule has 0 heterocycles. The summed E-state index contributed by atoms with van der Waals surface area (Å²) in [5, 5.41) is 22.4. The molecule has 140 valence electrons. The Kier molecular flexibility index (Phi) is 10.3. The third-order valence-corrected chi connectivity index (χ3v) is 5.28. The van der Waals surface area contributed by atoms with Crippen LogP contribution < -0.4 is 69.3 Å². The van der Waals surface area contributed by atoms with E-state index in [2.05, 4.69) is 0 Å². The van der Waals surface area contributed by atoms with Gasteiger partial charge in [0.2, 0.25) is 0 Å². The molecule has 0 aromatic heterocycles. The van der Waals surface area contributed by atoms with Crippen LogP contribution in [0.15, 0.2) is 42.5 Å². The number of carboxylic acids is 2. The maximum atomic E-state index is 12.0. The summed E-state index contributed by atoms with van der Waals surface area (Å²) in [7, 11) is 0. The number of carboxylic acid groups (broad SMARTS) is 2. The summed E-state index contributed by atoms with van der Waals surface area (Å²) >= 11 is 0. The van der Waals surface area contributed by atoms with Crippen molar-refractivity contribution < 1.29 is 83.7 Å². The largest absolute Gasteiger partial charge is 1.00 e. The van der Waals surface area contributed by atoms with Crippen LogP contribution in [0, 0.1) is 5.92 Å². The molecule has 1 fully saturated rings. The molecule has 0 radical (unpaired) electrons. The zero-order valence-corrected chi connectivity index (χ0v) is 21.1. The van der Waals surface area contributed by atoms with E-state index >= 15 is 0 Å². The third-order valence-electron chi connectivity index (χ3n) is 5.28. The summed E-state index contributed by atoms with van der Waals surface area (Å²) in [4.78, 5) is 34.3. The molecule has 2 unspecified atom stereocenters. The van der Waals surface area contributed by atoms with E-state index < -0.39 is 17.9 Å². The van der Waals surface area contributed by atoms with Gasteiger partial charge in [0.1, 0.15) is 5.78 Å². The molecule has 0 spiro atoms. The van der Waals surface area contributed by atoms with Crippen molar-refractivity contribution in [1.82, 2.24) is 0 Å². The number of hydrogen-bond acceptors (Lipinski definition) is 5. The monoisotopic (exact) mass is 410 g/mol. The fraction of sp³-hybridized carbons (Fsp3) is 0.318. The van der Waals surface area contributed by atoms with Gasteiger partial charge in [0.25, 0.3) is 0 Å². The second-order valence-corrected chi connectivity index (χ2v) is 7.09. The summed E-state index contributed by atoms with van der Waals surface area (Å²) in [6.45, 7) is 1.56. The average molecular weight is 410 g/mol. The van der Waals surface area contributed by atoms with E-state index in [1.54, 1.807) is 25.1 Å². The Morgan fingerprint density at radius 1 is 1.07 bits per heavy atom. The van der Waals surface area contributed by atoms with E-state index in [0.29, 0.717) is 29.5 Å². The van der Waals surface area contributed by atoms with Crippen molar-refractivity contribution in [3.05, 3.63) is 59.2 Å². The Morgan fingerprint density at radius 3 is 2.24 bits per heavy atom. The number of carbonyl (C=O) groups excluding carboxylic acids is 3. The zero-order valence-electron chi connectivity index (χ0n) is 17.1. The van der Waals surface area contributed by atoms with Crippen molar-refractivity contribution in [3.8, 4) is 11.1 Å². The molecule has 2 atom stereocenters. The van der Waals surface area contributed by atoms with E-state index in [1.807, 2.05) is 12.1 Å². The molecule has 3 rings (SSSR count). The van der Waals surface area contributed by atoms with Crippen molar-refractivity contribution in [3.63, 3.8) is 0 Å². The Hall–Kier alpha value is -0.950. The smallest absolute Gasteiger partial charge is 0.550 e. The average Bonchev–Trinajstić information content (AvgIpc) is 3.05. The van der Waals surface area contributed by atoms with Gasteiger partial charge in [0, 0.05) is 24.2 Å². The number of hydrogen-bond donors (Lipinski definition) is 0. The number of carbonyl (C=O) groups is 3. The summed E-state index contributed by atoms with van der Waals surface area (Å²) < 4.78 is 0. The van der Waals surface area contributed by atoms with Crippen LogP contribution in [0.5, 0.6) is 0 Å². The van der Waals surface area contributed by atoms with Gasteiger partial charge in [-0.05, 0) is 47.1 Å². The molecule has 0 N–H and O–H groups in total. The standard InChI is InChI=1S/C22H22O5.2Na/c1-13(21(24)25)18-10-5-14(11-17-3-2-4-20(17)23)12-19(18)15-6-8-16(9-7-15)22(26)27;;/h5-10,12-13,17H,2-4,11H2,1H3,(H,24,25)(H,26,27);;/q;2*+1/p-2. The third kappa shape index (κ3) is 6.27. The predicted octanol–water partition coefficient (Wildman–Crippen LogP) is -4.51. The number of ketones is 1. The first-order valence-electron chi connectivity index (χ1n) is 9.05. The predicted molar refractivity (Wildman–Crippen MR) is 95.7 cm³/mol. The number of aliphatic carboxylic acids is 1. The zero-order chi connectivity index (χ0) is 19.6. The number of rotatable bonds is 6. The molecule has 7 heteroatoms. The molecular weight excluding hydrogens is 390 g/mol. The molecule has 29 heavy (non-hydrogen) atoms. The number of Topliss-reactive ketones (excluding diaryl/α,β-unsaturated/α-hetero) is 1. The molecule has 2 aromatic carbocycles. The van der Waals surface area contributed by atoms with E-state index in [-0.39, 0.29) is 76.4 Å². The van der Waals surface area contributed by atoms with E-state index in [4.69, 9.17) is 0 Å². The fourth-order valence-electron chi connectivity index (χ4n) is 3.66. The Labute approximate surface area is 214 Å². The quantitative estimate of drug-likeness (QED) is 0.447. The minimum absolute atomic E-state index is 0. The number of aromatic carboxylic acids is 1. The maximum absolute atomic E-state index is 12.0. The second kappa shape index (κ2) is 11.4. The second-order valence-electron chi connectivity index (χ2n) is 7.09. The first-order valence-corrected chi connectivity index (χ1v) is 9.05. The van der Waals surface area contributed by atoms with Crippen molar-refractivity contribution in [2.75, 3.05) is 0 Å². The Bertz CT molecular complexity index is 893. The van der Waals surface area contributed by atoms with Crippen molar-refractivity contribution >= 4 is 17.7 Å².